The molecule has 0 aromatic heterocycles. The van der Waals surface area contributed by atoms with Crippen molar-refractivity contribution in [1.29, 1.82) is 0 Å². The molecule has 0 radical (unpaired) electrons. The van der Waals surface area contributed by atoms with Crippen LogP contribution < -0.4 is 22.9 Å². The molecular weight excluding hydrogens is 416 g/mol. The van der Waals surface area contributed by atoms with E-state index in [4.69, 9.17) is 41.9 Å². The van der Waals surface area contributed by atoms with Crippen molar-refractivity contribution < 1.29 is 44.5 Å². The summed E-state index contributed by atoms with van der Waals surface area (Å²) < 4.78 is 22.7. The molecule has 182 valence electrons. The smallest absolute Gasteiger partial charge is 0.184 e. The largest absolute Gasteiger partial charge is 0.394 e. The second-order valence-corrected chi connectivity index (χ2v) is 8.60. The summed E-state index contributed by atoms with van der Waals surface area (Å²) in [5.41, 5.74) is 24.0. The van der Waals surface area contributed by atoms with Crippen LogP contribution in [0.15, 0.2) is 0 Å². The van der Waals surface area contributed by atoms with Crippen molar-refractivity contribution in [2.75, 3.05) is 13.2 Å². The molecule has 0 unspecified atom stereocenters. The van der Waals surface area contributed by atoms with Gasteiger partial charge in [0.1, 0.15) is 30.5 Å². The molecule has 2 heterocycles. The van der Waals surface area contributed by atoms with E-state index in [1.165, 1.54) is 0 Å². The van der Waals surface area contributed by atoms with Gasteiger partial charge in [-0.1, -0.05) is 0 Å². The Hall–Kier alpha value is -0.520. The van der Waals surface area contributed by atoms with E-state index in [2.05, 4.69) is 0 Å². The lowest BCUT2D eigenvalue weighted by molar-refractivity contribution is -0.311. The van der Waals surface area contributed by atoms with E-state index < -0.39 is 86.1 Å². The number of ether oxygens (including phenoxy) is 4. The zero-order chi connectivity index (χ0) is 22.9. The van der Waals surface area contributed by atoms with Gasteiger partial charge >= 0.3 is 0 Å². The summed E-state index contributed by atoms with van der Waals surface area (Å²) in [5, 5.41) is 50.3. The van der Waals surface area contributed by atoms with Gasteiger partial charge in [-0.25, -0.2) is 0 Å². The fraction of sp³-hybridized carbons (Fsp3) is 1.00. The van der Waals surface area contributed by atoms with Gasteiger partial charge in [0.05, 0.1) is 31.0 Å². The number of hydrogen-bond donors (Lipinski definition) is 9. The number of hydrogen-bond acceptors (Lipinski definition) is 13. The first-order valence-electron chi connectivity index (χ1n) is 10.6. The lowest BCUT2D eigenvalue weighted by Gasteiger charge is -2.47. The molecule has 0 aromatic carbocycles. The van der Waals surface area contributed by atoms with Crippen molar-refractivity contribution in [3.63, 3.8) is 0 Å². The van der Waals surface area contributed by atoms with Crippen molar-refractivity contribution in [3.05, 3.63) is 0 Å². The third-order valence-electron chi connectivity index (χ3n) is 6.19. The second-order valence-electron chi connectivity index (χ2n) is 8.60. The minimum absolute atomic E-state index is 0.0679. The first kappa shape index (κ1) is 25.1. The summed E-state index contributed by atoms with van der Waals surface area (Å²) in [5.74, 6) is 0. The van der Waals surface area contributed by atoms with E-state index in [1.54, 1.807) is 0 Å². The Labute approximate surface area is 180 Å². The Morgan fingerprint density at radius 2 is 1.26 bits per heavy atom. The standard InChI is InChI=1S/C18H36N4O9/c19-4-12-9(24)2-8(22)17(28-12)30-15-6(20)1-7(21)16(14(15)27)31-18-11(26)3-10(25)13(5-23)29-18/h6-18,23-27H,1-5,19-22H2/t6-,7+,8+,9-,10-,11+,12+,13+,14-,15+,16-,17+,18+/m0/s1. The molecule has 13 heteroatoms. The summed E-state index contributed by atoms with van der Waals surface area (Å²) in [6.07, 6.45) is -9.76. The Morgan fingerprint density at radius 1 is 0.710 bits per heavy atom. The minimum Gasteiger partial charge on any atom is -0.394 e. The minimum atomic E-state index is -1.31. The third kappa shape index (κ3) is 5.52. The highest BCUT2D eigenvalue weighted by Gasteiger charge is 2.48. The second kappa shape index (κ2) is 10.6. The van der Waals surface area contributed by atoms with Gasteiger partial charge in [0.25, 0.3) is 0 Å². The number of rotatable bonds is 6. The van der Waals surface area contributed by atoms with E-state index in [9.17, 15) is 25.5 Å². The molecule has 13 nitrogen and oxygen atoms in total. The molecule has 1 aliphatic carbocycles. The maximum atomic E-state index is 10.9. The van der Waals surface area contributed by atoms with Gasteiger partial charge in [-0.05, 0) is 12.8 Å². The molecule has 2 saturated heterocycles. The van der Waals surface area contributed by atoms with Gasteiger partial charge in [-0.3, -0.25) is 0 Å². The Morgan fingerprint density at radius 3 is 1.84 bits per heavy atom. The van der Waals surface area contributed by atoms with Crippen LogP contribution in [0.1, 0.15) is 19.3 Å². The topological polar surface area (TPSA) is 242 Å². The fourth-order valence-electron chi connectivity index (χ4n) is 4.35. The molecule has 3 rings (SSSR count). The number of aliphatic hydroxyl groups is 5. The summed E-state index contributed by atoms with van der Waals surface area (Å²) in [7, 11) is 0. The Balaban J connectivity index is 1.67. The first-order valence-corrected chi connectivity index (χ1v) is 10.6. The summed E-state index contributed by atoms with van der Waals surface area (Å²) in [6.45, 7) is -0.396. The molecule has 0 bridgehead atoms. The van der Waals surface area contributed by atoms with Gasteiger partial charge in [-0.15, -0.1) is 0 Å². The quantitative estimate of drug-likeness (QED) is 0.183. The third-order valence-corrected chi connectivity index (χ3v) is 6.19. The Bertz CT molecular complexity index is 532. The van der Waals surface area contributed by atoms with Gasteiger partial charge < -0.3 is 67.4 Å². The highest BCUT2D eigenvalue weighted by Crippen LogP contribution is 2.30. The maximum absolute atomic E-state index is 10.9. The first-order chi connectivity index (χ1) is 14.7. The van der Waals surface area contributed by atoms with Crippen LogP contribution in [0.25, 0.3) is 0 Å². The molecular formula is C18H36N4O9. The zero-order valence-electron chi connectivity index (χ0n) is 17.2. The molecule has 13 N–H and O–H groups in total. The molecule has 1 saturated carbocycles. The molecule has 3 aliphatic rings. The van der Waals surface area contributed by atoms with Crippen LogP contribution in [-0.4, -0.2) is 118 Å². The van der Waals surface area contributed by atoms with E-state index >= 15 is 0 Å². The molecule has 3 fully saturated rings. The monoisotopic (exact) mass is 452 g/mol. The highest BCUT2D eigenvalue weighted by atomic mass is 16.7. The highest BCUT2D eigenvalue weighted by molar-refractivity contribution is 5.00. The van der Waals surface area contributed by atoms with Gasteiger partial charge in [-0.2, -0.15) is 0 Å². The summed E-state index contributed by atoms with van der Waals surface area (Å²) >= 11 is 0. The van der Waals surface area contributed by atoms with Crippen molar-refractivity contribution >= 4 is 0 Å². The predicted octanol–water partition coefficient (Wildman–Crippen LogP) is -5.23. The maximum Gasteiger partial charge on any atom is 0.184 e. The SMILES string of the molecule is NC[C@H]1O[C@H](O[C@H]2[C@H](O)[C@@H](O[C@H]3O[C@H](CO)[C@@H](O)C[C@H]3O)[C@H](N)C[C@@H]2N)[C@H](N)C[C@@H]1O. The van der Waals surface area contributed by atoms with Crippen LogP contribution in [0, 0.1) is 0 Å². The summed E-state index contributed by atoms with van der Waals surface area (Å²) in [4.78, 5) is 0. The van der Waals surface area contributed by atoms with Crippen molar-refractivity contribution in [2.24, 2.45) is 22.9 Å². The molecule has 2 aliphatic heterocycles. The van der Waals surface area contributed by atoms with Crippen molar-refractivity contribution in [2.45, 2.75) is 98.8 Å². The van der Waals surface area contributed by atoms with E-state index in [-0.39, 0.29) is 25.8 Å². The fourth-order valence-corrected chi connectivity index (χ4v) is 4.35. The van der Waals surface area contributed by atoms with E-state index in [0.717, 1.165) is 0 Å². The van der Waals surface area contributed by atoms with Crippen LogP contribution in [0.2, 0.25) is 0 Å². The molecule has 0 spiro atoms. The summed E-state index contributed by atoms with van der Waals surface area (Å²) in [6, 6.07) is -2.02. The lowest BCUT2D eigenvalue weighted by atomic mass is 9.84. The van der Waals surface area contributed by atoms with E-state index in [0.29, 0.717) is 0 Å². The normalized spacial score (nSPS) is 51.6. The van der Waals surface area contributed by atoms with E-state index in [1.807, 2.05) is 0 Å². The van der Waals surface area contributed by atoms with Gasteiger partial charge in [0, 0.05) is 25.0 Å². The van der Waals surface area contributed by atoms with Crippen LogP contribution in [0.4, 0.5) is 0 Å². The van der Waals surface area contributed by atoms with Crippen LogP contribution in [-0.2, 0) is 18.9 Å². The van der Waals surface area contributed by atoms with Crippen LogP contribution >= 0.6 is 0 Å². The lowest BCUT2D eigenvalue weighted by Crippen LogP contribution is -2.66. The molecule has 13 atom stereocenters. The van der Waals surface area contributed by atoms with Crippen molar-refractivity contribution in [3.8, 4) is 0 Å². The van der Waals surface area contributed by atoms with Gasteiger partial charge in [0.2, 0.25) is 0 Å². The van der Waals surface area contributed by atoms with Gasteiger partial charge in [0.15, 0.2) is 12.6 Å². The molecule has 0 amide bonds. The van der Waals surface area contributed by atoms with Crippen LogP contribution in [0.3, 0.4) is 0 Å². The average molecular weight is 453 g/mol. The zero-order valence-corrected chi connectivity index (χ0v) is 17.2. The average Bonchev–Trinajstić information content (AvgIpc) is 2.71. The molecule has 31 heavy (non-hydrogen) atoms. The Kier molecular flexibility index (Phi) is 8.59. The van der Waals surface area contributed by atoms with Crippen molar-refractivity contribution in [1.82, 2.24) is 0 Å². The predicted molar refractivity (Wildman–Crippen MR) is 105 cm³/mol. The number of aliphatic hydroxyl groups excluding tert-OH is 5. The number of nitrogens with two attached hydrogens (primary N) is 4. The molecule has 0 aromatic rings. The van der Waals surface area contributed by atoms with Crippen LogP contribution in [0.5, 0.6) is 0 Å².